The first-order valence-corrected chi connectivity index (χ1v) is 6.02. The second-order valence-corrected chi connectivity index (χ2v) is 3.93. The molecule has 1 aromatic carbocycles. The minimum atomic E-state index is 0.650. The SMILES string of the molecule is COc1ccc(C#N)c(NCCSC)c1. The van der Waals surface area contributed by atoms with Gasteiger partial charge in [0.2, 0.25) is 0 Å². The predicted octanol–water partition coefficient (Wildman–Crippen LogP) is 2.34. The number of nitrogens with one attached hydrogen (secondary N) is 1. The van der Waals surface area contributed by atoms with Gasteiger partial charge in [-0.2, -0.15) is 17.0 Å². The second-order valence-electron chi connectivity index (χ2n) is 2.94. The zero-order valence-corrected chi connectivity index (χ0v) is 9.73. The molecular formula is C11H14N2OS. The highest BCUT2D eigenvalue weighted by Gasteiger charge is 2.02. The van der Waals surface area contributed by atoms with Crippen LogP contribution in [0.1, 0.15) is 5.56 Å². The monoisotopic (exact) mass is 222 g/mol. The molecule has 0 fully saturated rings. The molecule has 0 aliphatic carbocycles. The summed E-state index contributed by atoms with van der Waals surface area (Å²) in [6.45, 7) is 0.850. The first-order chi connectivity index (χ1) is 7.31. The number of ether oxygens (including phenoxy) is 1. The molecular weight excluding hydrogens is 208 g/mol. The molecule has 0 aliphatic heterocycles. The van der Waals surface area contributed by atoms with Gasteiger partial charge in [0.1, 0.15) is 11.8 Å². The summed E-state index contributed by atoms with van der Waals surface area (Å²) in [7, 11) is 1.62. The largest absolute Gasteiger partial charge is 0.497 e. The Bertz CT molecular complexity index is 360. The van der Waals surface area contributed by atoms with Crippen molar-refractivity contribution in [3.05, 3.63) is 23.8 Å². The third-order valence-corrected chi connectivity index (χ3v) is 2.58. The molecule has 0 heterocycles. The zero-order valence-electron chi connectivity index (χ0n) is 8.91. The molecule has 0 spiro atoms. The Morgan fingerprint density at radius 3 is 2.93 bits per heavy atom. The number of thioether (sulfide) groups is 1. The highest BCUT2D eigenvalue weighted by atomic mass is 32.2. The summed E-state index contributed by atoms with van der Waals surface area (Å²) in [4.78, 5) is 0. The smallest absolute Gasteiger partial charge is 0.121 e. The van der Waals surface area contributed by atoms with Crippen LogP contribution in [0, 0.1) is 11.3 Å². The van der Waals surface area contributed by atoms with E-state index in [-0.39, 0.29) is 0 Å². The van der Waals surface area contributed by atoms with Gasteiger partial charge < -0.3 is 10.1 Å². The highest BCUT2D eigenvalue weighted by Crippen LogP contribution is 2.21. The minimum absolute atomic E-state index is 0.650. The molecule has 1 rings (SSSR count). The van der Waals surface area contributed by atoms with E-state index in [0.717, 1.165) is 23.7 Å². The number of hydrogen-bond donors (Lipinski definition) is 1. The zero-order chi connectivity index (χ0) is 11.1. The van der Waals surface area contributed by atoms with Crippen LogP contribution in [0.2, 0.25) is 0 Å². The van der Waals surface area contributed by atoms with Crippen molar-refractivity contribution in [2.45, 2.75) is 0 Å². The van der Waals surface area contributed by atoms with Crippen LogP contribution >= 0.6 is 11.8 Å². The number of nitriles is 1. The Balaban J connectivity index is 2.78. The van der Waals surface area contributed by atoms with E-state index in [4.69, 9.17) is 10.00 Å². The van der Waals surface area contributed by atoms with Gasteiger partial charge in [0.25, 0.3) is 0 Å². The fourth-order valence-electron chi connectivity index (χ4n) is 1.18. The van der Waals surface area contributed by atoms with Crippen LogP contribution in [0.15, 0.2) is 18.2 Å². The van der Waals surface area contributed by atoms with Crippen LogP contribution in [0.3, 0.4) is 0 Å². The van der Waals surface area contributed by atoms with E-state index >= 15 is 0 Å². The van der Waals surface area contributed by atoms with Crippen molar-refractivity contribution >= 4 is 17.4 Å². The molecule has 0 radical (unpaired) electrons. The Kier molecular flexibility index (Phi) is 4.85. The maximum atomic E-state index is 8.90. The van der Waals surface area contributed by atoms with Crippen molar-refractivity contribution in [2.75, 3.05) is 31.0 Å². The molecule has 0 aliphatic rings. The maximum Gasteiger partial charge on any atom is 0.121 e. The third-order valence-electron chi connectivity index (χ3n) is 1.97. The summed E-state index contributed by atoms with van der Waals surface area (Å²) < 4.78 is 5.11. The van der Waals surface area contributed by atoms with Crippen LogP contribution < -0.4 is 10.1 Å². The standard InChI is InChI=1S/C11H14N2OS/c1-14-10-4-3-9(8-12)11(7-10)13-5-6-15-2/h3-4,7,13H,5-6H2,1-2H3. The summed E-state index contributed by atoms with van der Waals surface area (Å²) >= 11 is 1.77. The lowest BCUT2D eigenvalue weighted by atomic mass is 10.2. The lowest BCUT2D eigenvalue weighted by molar-refractivity contribution is 0.415. The van der Waals surface area contributed by atoms with Gasteiger partial charge >= 0.3 is 0 Å². The van der Waals surface area contributed by atoms with Gasteiger partial charge in [0.15, 0.2) is 0 Å². The van der Waals surface area contributed by atoms with Crippen LogP contribution in [0.4, 0.5) is 5.69 Å². The number of rotatable bonds is 5. The topological polar surface area (TPSA) is 45.0 Å². The fraction of sp³-hybridized carbons (Fsp3) is 0.364. The molecule has 0 unspecified atom stereocenters. The van der Waals surface area contributed by atoms with Crippen molar-refractivity contribution in [3.63, 3.8) is 0 Å². The minimum Gasteiger partial charge on any atom is -0.497 e. The molecule has 0 saturated carbocycles. The predicted molar refractivity (Wildman–Crippen MR) is 64.6 cm³/mol. The van der Waals surface area contributed by atoms with E-state index < -0.39 is 0 Å². The normalized spacial score (nSPS) is 9.40. The van der Waals surface area contributed by atoms with Crippen LogP contribution in [0.25, 0.3) is 0 Å². The Labute approximate surface area is 94.4 Å². The summed E-state index contributed by atoms with van der Waals surface area (Å²) in [5, 5.41) is 12.1. The lowest BCUT2D eigenvalue weighted by Crippen LogP contribution is -2.05. The number of anilines is 1. The van der Waals surface area contributed by atoms with Crippen molar-refractivity contribution in [1.29, 1.82) is 5.26 Å². The van der Waals surface area contributed by atoms with Crippen molar-refractivity contribution < 1.29 is 4.74 Å². The molecule has 15 heavy (non-hydrogen) atoms. The first kappa shape index (κ1) is 11.7. The van der Waals surface area contributed by atoms with E-state index in [0.29, 0.717) is 5.56 Å². The molecule has 4 heteroatoms. The van der Waals surface area contributed by atoms with Gasteiger partial charge in [0.05, 0.1) is 18.4 Å². The Morgan fingerprint density at radius 1 is 1.53 bits per heavy atom. The van der Waals surface area contributed by atoms with Crippen molar-refractivity contribution in [2.24, 2.45) is 0 Å². The Morgan fingerprint density at radius 2 is 2.33 bits per heavy atom. The molecule has 3 nitrogen and oxygen atoms in total. The lowest BCUT2D eigenvalue weighted by Gasteiger charge is -2.09. The quantitative estimate of drug-likeness (QED) is 0.777. The van der Waals surface area contributed by atoms with E-state index in [1.807, 2.05) is 6.07 Å². The summed E-state index contributed by atoms with van der Waals surface area (Å²) in [5.74, 6) is 1.78. The van der Waals surface area contributed by atoms with Crippen LogP contribution in [-0.4, -0.2) is 25.7 Å². The summed E-state index contributed by atoms with van der Waals surface area (Å²) in [6.07, 6.45) is 2.05. The molecule has 1 N–H and O–H groups in total. The first-order valence-electron chi connectivity index (χ1n) is 4.62. The molecule has 1 aromatic rings. The third kappa shape index (κ3) is 3.37. The summed E-state index contributed by atoms with van der Waals surface area (Å²) in [6, 6.07) is 7.55. The number of nitrogens with zero attached hydrogens (tertiary/aromatic N) is 1. The van der Waals surface area contributed by atoms with Crippen LogP contribution in [-0.2, 0) is 0 Å². The molecule has 0 amide bonds. The van der Waals surface area contributed by atoms with Gasteiger partial charge in [-0.15, -0.1) is 0 Å². The van der Waals surface area contributed by atoms with Gasteiger partial charge in [-0.25, -0.2) is 0 Å². The van der Waals surface area contributed by atoms with E-state index in [9.17, 15) is 0 Å². The van der Waals surface area contributed by atoms with E-state index in [1.54, 1.807) is 31.0 Å². The fourth-order valence-corrected chi connectivity index (χ4v) is 1.49. The number of methoxy groups -OCH3 is 1. The number of benzene rings is 1. The van der Waals surface area contributed by atoms with Gasteiger partial charge in [-0.1, -0.05) is 0 Å². The maximum absolute atomic E-state index is 8.90. The highest BCUT2D eigenvalue weighted by molar-refractivity contribution is 7.98. The van der Waals surface area contributed by atoms with Gasteiger partial charge in [-0.05, 0) is 18.4 Å². The molecule has 0 bridgehead atoms. The summed E-state index contributed by atoms with van der Waals surface area (Å²) in [5.41, 5.74) is 1.49. The van der Waals surface area contributed by atoms with Crippen molar-refractivity contribution in [3.8, 4) is 11.8 Å². The molecule has 0 saturated heterocycles. The number of hydrogen-bond acceptors (Lipinski definition) is 4. The molecule has 0 atom stereocenters. The van der Waals surface area contributed by atoms with Crippen LogP contribution in [0.5, 0.6) is 5.75 Å². The Hall–Kier alpha value is -1.34. The van der Waals surface area contributed by atoms with E-state index in [1.165, 1.54) is 0 Å². The average Bonchev–Trinajstić information content (AvgIpc) is 2.29. The molecule has 80 valence electrons. The van der Waals surface area contributed by atoms with Gasteiger partial charge in [0, 0.05) is 18.4 Å². The van der Waals surface area contributed by atoms with Crippen molar-refractivity contribution in [1.82, 2.24) is 0 Å². The van der Waals surface area contributed by atoms with E-state index in [2.05, 4.69) is 17.6 Å². The average molecular weight is 222 g/mol. The molecule has 0 aromatic heterocycles. The van der Waals surface area contributed by atoms with Gasteiger partial charge in [-0.3, -0.25) is 0 Å². The second kappa shape index (κ2) is 6.20.